The highest BCUT2D eigenvalue weighted by atomic mass is 31.2. The monoisotopic (exact) mass is 1170 g/mol. The van der Waals surface area contributed by atoms with E-state index in [2.05, 4.69) is 74.6 Å². The molecule has 0 bridgehead atoms. The number of quaternary nitrogens is 1. The maximum absolute atomic E-state index is 12.8. The summed E-state index contributed by atoms with van der Waals surface area (Å²) in [7, 11) is 1.46. The van der Waals surface area contributed by atoms with Gasteiger partial charge in [0, 0.05) is 12.8 Å². The van der Waals surface area contributed by atoms with Crippen LogP contribution in [0.1, 0.15) is 335 Å². The molecule has 0 rings (SSSR count). The molecule has 0 amide bonds. The minimum atomic E-state index is -4.40. The van der Waals surface area contributed by atoms with Gasteiger partial charge in [0.2, 0.25) is 0 Å². The number of ether oxygens (including phenoxy) is 2. The molecular formula is C72H135NO8P+. The van der Waals surface area contributed by atoms with Crippen molar-refractivity contribution in [1.82, 2.24) is 0 Å². The van der Waals surface area contributed by atoms with Crippen molar-refractivity contribution < 1.29 is 42.1 Å². The van der Waals surface area contributed by atoms with E-state index in [1.54, 1.807) is 0 Å². The first-order valence-electron chi connectivity index (χ1n) is 35.0. The topological polar surface area (TPSA) is 108 Å². The fourth-order valence-electron chi connectivity index (χ4n) is 10.2. The van der Waals surface area contributed by atoms with Crippen molar-refractivity contribution in [3.8, 4) is 0 Å². The van der Waals surface area contributed by atoms with Gasteiger partial charge in [-0.1, -0.05) is 325 Å². The van der Waals surface area contributed by atoms with Gasteiger partial charge in [0.1, 0.15) is 19.8 Å². The quantitative estimate of drug-likeness (QED) is 0.0211. The molecule has 0 aromatic rings. The Hall–Kier alpha value is -2.29. The van der Waals surface area contributed by atoms with E-state index in [0.717, 1.165) is 70.6 Å². The third kappa shape index (κ3) is 66.8. The van der Waals surface area contributed by atoms with Gasteiger partial charge < -0.3 is 18.9 Å². The van der Waals surface area contributed by atoms with Gasteiger partial charge in [0.15, 0.2) is 6.10 Å². The summed E-state index contributed by atoms with van der Waals surface area (Å²) in [5, 5.41) is 0. The normalized spacial score (nSPS) is 13.5. The maximum Gasteiger partial charge on any atom is 0.472 e. The van der Waals surface area contributed by atoms with Crippen LogP contribution in [0.3, 0.4) is 0 Å². The number of unbranched alkanes of at least 4 members (excludes halogenated alkanes) is 41. The van der Waals surface area contributed by atoms with Crippen LogP contribution in [0.5, 0.6) is 0 Å². The molecule has 0 aliphatic heterocycles. The van der Waals surface area contributed by atoms with Crippen LogP contribution in [0.2, 0.25) is 0 Å². The van der Waals surface area contributed by atoms with E-state index in [1.807, 2.05) is 21.1 Å². The Morgan fingerprint density at radius 2 is 0.695 bits per heavy atom. The Morgan fingerprint density at radius 3 is 1.04 bits per heavy atom. The number of hydrogen-bond acceptors (Lipinski definition) is 7. The summed E-state index contributed by atoms with van der Waals surface area (Å²) >= 11 is 0. The van der Waals surface area contributed by atoms with Gasteiger partial charge in [-0.2, -0.15) is 0 Å². The van der Waals surface area contributed by atoms with Gasteiger partial charge in [-0.25, -0.2) is 4.57 Å². The van der Waals surface area contributed by atoms with Crippen molar-refractivity contribution in [1.29, 1.82) is 0 Å². The number of hydrogen-bond donors (Lipinski definition) is 1. The lowest BCUT2D eigenvalue weighted by Crippen LogP contribution is -2.37. The summed E-state index contributed by atoms with van der Waals surface area (Å²) in [6.45, 7) is 4.32. The molecule has 0 aliphatic rings. The van der Waals surface area contributed by atoms with Crippen molar-refractivity contribution in [2.24, 2.45) is 0 Å². The number of nitrogens with zero attached hydrogens (tertiary/aromatic N) is 1. The Labute approximate surface area is 508 Å². The van der Waals surface area contributed by atoms with Gasteiger partial charge in [-0.3, -0.25) is 18.6 Å². The molecule has 2 unspecified atom stereocenters. The van der Waals surface area contributed by atoms with Crippen molar-refractivity contribution in [2.45, 2.75) is 341 Å². The number of phosphoric ester groups is 1. The lowest BCUT2D eigenvalue weighted by atomic mass is 10.0. The molecule has 0 spiro atoms. The first-order chi connectivity index (χ1) is 40.0. The van der Waals surface area contributed by atoms with Gasteiger partial charge in [0.25, 0.3) is 0 Å². The van der Waals surface area contributed by atoms with Crippen molar-refractivity contribution >= 4 is 19.8 Å². The molecule has 0 saturated heterocycles. The molecule has 0 radical (unpaired) electrons. The minimum Gasteiger partial charge on any atom is -0.462 e. The molecule has 0 aromatic heterocycles. The van der Waals surface area contributed by atoms with Crippen LogP contribution in [0.4, 0.5) is 0 Å². The summed E-state index contributed by atoms with van der Waals surface area (Å²) in [4.78, 5) is 35.8. The van der Waals surface area contributed by atoms with Crippen LogP contribution in [-0.4, -0.2) is 74.9 Å². The number of carbonyl (C=O) groups is 2. The zero-order valence-electron chi connectivity index (χ0n) is 54.7. The highest BCUT2D eigenvalue weighted by molar-refractivity contribution is 7.47. The first-order valence-corrected chi connectivity index (χ1v) is 36.5. The molecule has 1 N–H and O–H groups in total. The maximum atomic E-state index is 12.8. The second-order valence-electron chi connectivity index (χ2n) is 24.9. The molecule has 0 aromatic carbocycles. The fraction of sp³-hybridized carbons (Fsp3) is 0.833. The largest absolute Gasteiger partial charge is 0.472 e. The lowest BCUT2D eigenvalue weighted by Gasteiger charge is -2.24. The number of phosphoric acid groups is 1. The third-order valence-corrected chi connectivity index (χ3v) is 16.5. The van der Waals surface area contributed by atoms with E-state index >= 15 is 0 Å². The average molecular weight is 1170 g/mol. The van der Waals surface area contributed by atoms with Crippen LogP contribution >= 0.6 is 7.82 Å². The van der Waals surface area contributed by atoms with Gasteiger partial charge in [-0.15, -0.1) is 0 Å². The SMILES string of the molecule is CC/C=C\C/C=C\C/C=C\C/C=C\C/C=C\CCCCCC(=O)OC(COC(=O)CCCCCCCCCCCCCCCCCCCCCCCCCCCCCCCCCCCCCCCCC)COP(=O)(O)OCC[N+](C)(C)C. The molecule has 2 atom stereocenters. The molecule has 0 heterocycles. The molecule has 480 valence electrons. The van der Waals surface area contributed by atoms with E-state index < -0.39 is 26.5 Å². The zero-order chi connectivity index (χ0) is 59.8. The first kappa shape index (κ1) is 79.7. The third-order valence-electron chi connectivity index (χ3n) is 15.6. The number of carbonyl (C=O) groups excluding carboxylic acids is 2. The lowest BCUT2D eigenvalue weighted by molar-refractivity contribution is -0.870. The highest BCUT2D eigenvalue weighted by Gasteiger charge is 2.27. The Balaban J connectivity index is 3.91. The minimum absolute atomic E-state index is 0.0239. The molecule has 0 fully saturated rings. The van der Waals surface area contributed by atoms with Crippen LogP contribution in [-0.2, 0) is 32.7 Å². The number of likely N-dealkylation sites (N-methyl/N-ethyl adjacent to an activating group) is 1. The predicted octanol–water partition coefficient (Wildman–Crippen LogP) is 22.6. The summed E-state index contributed by atoms with van der Waals surface area (Å²) in [6.07, 6.45) is 83.6. The van der Waals surface area contributed by atoms with E-state index in [0.29, 0.717) is 17.4 Å². The van der Waals surface area contributed by atoms with Crippen LogP contribution in [0.15, 0.2) is 60.8 Å². The summed E-state index contributed by atoms with van der Waals surface area (Å²) in [5.41, 5.74) is 0. The van der Waals surface area contributed by atoms with E-state index in [-0.39, 0.29) is 32.0 Å². The molecule has 82 heavy (non-hydrogen) atoms. The number of rotatable bonds is 65. The van der Waals surface area contributed by atoms with Gasteiger partial charge in [0.05, 0.1) is 27.7 Å². The summed E-state index contributed by atoms with van der Waals surface area (Å²) < 4.78 is 34.6. The zero-order valence-corrected chi connectivity index (χ0v) is 55.6. The van der Waals surface area contributed by atoms with E-state index in [1.165, 1.54) is 231 Å². The van der Waals surface area contributed by atoms with Crippen LogP contribution < -0.4 is 0 Å². The average Bonchev–Trinajstić information content (AvgIpc) is 3.46. The number of allylic oxidation sites excluding steroid dienone is 10. The summed E-state index contributed by atoms with van der Waals surface area (Å²) in [6, 6.07) is 0. The molecular weight excluding hydrogens is 1040 g/mol. The standard InChI is InChI=1S/C72H134NO8P/c1-6-8-10-12-14-16-18-20-22-24-26-27-28-29-30-31-32-33-34-35-36-37-38-39-40-41-42-43-44-45-47-48-50-52-54-56-58-60-62-64-71(74)78-68-70(69-80-82(76,77)79-67-66-73(3,4)5)81-72(75)65-63-61-59-57-55-53-51-49-46-25-23-21-19-17-15-13-11-9-7-2/h9,11,15,17,21,23,46,49,53,55,70H,6-8,10,12-14,16,18-20,22,24-45,47-48,50-52,54,56-69H2,1-5H3/p+1/b11-9-,17-15-,23-21-,49-46-,55-53-. The van der Waals surface area contributed by atoms with Crippen molar-refractivity contribution in [2.75, 3.05) is 47.5 Å². The Morgan fingerprint density at radius 1 is 0.390 bits per heavy atom. The Bertz CT molecular complexity index is 1570. The second-order valence-corrected chi connectivity index (χ2v) is 26.4. The van der Waals surface area contributed by atoms with Crippen LogP contribution in [0, 0.1) is 0 Å². The van der Waals surface area contributed by atoms with Crippen LogP contribution in [0.25, 0.3) is 0 Å². The molecule has 0 aliphatic carbocycles. The van der Waals surface area contributed by atoms with E-state index in [9.17, 15) is 19.0 Å². The molecule has 10 heteroatoms. The predicted molar refractivity (Wildman–Crippen MR) is 353 cm³/mol. The molecule has 9 nitrogen and oxygen atoms in total. The van der Waals surface area contributed by atoms with Crippen molar-refractivity contribution in [3.05, 3.63) is 60.8 Å². The smallest absolute Gasteiger partial charge is 0.462 e. The second kappa shape index (κ2) is 63.2. The van der Waals surface area contributed by atoms with Crippen molar-refractivity contribution in [3.63, 3.8) is 0 Å². The van der Waals surface area contributed by atoms with Gasteiger partial charge >= 0.3 is 19.8 Å². The molecule has 0 saturated carbocycles. The summed E-state index contributed by atoms with van der Waals surface area (Å²) in [5.74, 6) is -0.825. The highest BCUT2D eigenvalue weighted by Crippen LogP contribution is 2.43. The van der Waals surface area contributed by atoms with Gasteiger partial charge in [-0.05, 0) is 57.8 Å². The Kier molecular flexibility index (Phi) is 61.5. The number of esters is 2. The van der Waals surface area contributed by atoms with E-state index in [4.69, 9.17) is 18.5 Å². The fourth-order valence-corrected chi connectivity index (χ4v) is 11.0.